The molecule has 136 valence electrons. The van der Waals surface area contributed by atoms with Crippen molar-refractivity contribution in [3.63, 3.8) is 0 Å². The average molecular weight is 425 g/mol. The van der Waals surface area contributed by atoms with Gasteiger partial charge in [0.25, 0.3) is 0 Å². The standard InChI is InChI=1S/C21H17BrN2O3/c1-13-12-15(21(23)27)2-8-18(13)20-14(3-9-19(25)26)10-11-24(20)17-6-4-16(22)5-7-17/h2-12H,1H3,(H2,23,27)(H,25,26)/b9-3+. The van der Waals surface area contributed by atoms with Gasteiger partial charge in [0.15, 0.2) is 0 Å². The Morgan fingerprint density at radius 3 is 2.41 bits per heavy atom. The van der Waals surface area contributed by atoms with Gasteiger partial charge in [-0.05, 0) is 61.0 Å². The summed E-state index contributed by atoms with van der Waals surface area (Å²) in [6, 6.07) is 14.9. The molecule has 3 rings (SSSR count). The number of aliphatic carboxylic acids is 1. The molecule has 5 nitrogen and oxygen atoms in total. The maximum absolute atomic E-state index is 11.5. The minimum Gasteiger partial charge on any atom is -0.478 e. The molecule has 1 aromatic heterocycles. The van der Waals surface area contributed by atoms with Crippen LogP contribution in [0.1, 0.15) is 21.5 Å². The second kappa shape index (κ2) is 7.63. The third-order valence-corrected chi connectivity index (χ3v) is 4.72. The highest BCUT2D eigenvalue weighted by molar-refractivity contribution is 9.10. The number of carbonyl (C=O) groups excluding carboxylic acids is 1. The SMILES string of the molecule is Cc1cc(C(N)=O)ccc1-c1c(/C=C/C(=O)O)ccn1-c1ccc(Br)cc1. The summed E-state index contributed by atoms with van der Waals surface area (Å²) in [5.41, 5.74) is 10.1. The van der Waals surface area contributed by atoms with E-state index in [9.17, 15) is 9.59 Å². The molecule has 0 radical (unpaired) electrons. The normalized spacial score (nSPS) is 11.0. The van der Waals surface area contributed by atoms with Crippen LogP contribution in [0.2, 0.25) is 0 Å². The molecule has 0 aliphatic heterocycles. The number of rotatable bonds is 5. The van der Waals surface area contributed by atoms with E-state index in [4.69, 9.17) is 10.8 Å². The number of halogens is 1. The predicted octanol–water partition coefficient (Wildman–Crippen LogP) is 4.41. The number of primary amides is 1. The summed E-state index contributed by atoms with van der Waals surface area (Å²) in [4.78, 5) is 22.4. The Morgan fingerprint density at radius 2 is 1.81 bits per heavy atom. The smallest absolute Gasteiger partial charge is 0.328 e. The van der Waals surface area contributed by atoms with Crippen molar-refractivity contribution in [3.8, 4) is 16.9 Å². The molecular formula is C21H17BrN2O3. The number of carboxylic acid groups (broad SMARTS) is 1. The average Bonchev–Trinajstić information content (AvgIpc) is 3.04. The molecule has 0 saturated heterocycles. The van der Waals surface area contributed by atoms with E-state index in [-0.39, 0.29) is 0 Å². The van der Waals surface area contributed by atoms with Crippen molar-refractivity contribution < 1.29 is 14.7 Å². The zero-order valence-electron chi connectivity index (χ0n) is 14.5. The Morgan fingerprint density at radius 1 is 1.11 bits per heavy atom. The summed E-state index contributed by atoms with van der Waals surface area (Å²) in [5.74, 6) is -1.50. The van der Waals surface area contributed by atoms with Gasteiger partial charge in [-0.15, -0.1) is 0 Å². The molecule has 0 aliphatic rings. The van der Waals surface area contributed by atoms with E-state index in [2.05, 4.69) is 15.9 Å². The van der Waals surface area contributed by atoms with Crippen molar-refractivity contribution in [2.75, 3.05) is 0 Å². The third-order valence-electron chi connectivity index (χ3n) is 4.19. The first-order valence-corrected chi connectivity index (χ1v) is 8.95. The van der Waals surface area contributed by atoms with Crippen LogP contribution in [0, 0.1) is 6.92 Å². The highest BCUT2D eigenvalue weighted by Gasteiger charge is 2.15. The Hall–Kier alpha value is -3.12. The number of aromatic nitrogens is 1. The number of nitrogens with two attached hydrogens (primary N) is 1. The lowest BCUT2D eigenvalue weighted by molar-refractivity contribution is -0.131. The quantitative estimate of drug-likeness (QED) is 0.594. The Balaban J connectivity index is 2.22. The second-order valence-corrected chi connectivity index (χ2v) is 6.95. The largest absolute Gasteiger partial charge is 0.478 e. The molecule has 0 fully saturated rings. The molecule has 3 N–H and O–H groups in total. The Bertz CT molecular complexity index is 1050. The molecule has 3 aromatic rings. The van der Waals surface area contributed by atoms with Gasteiger partial charge in [-0.2, -0.15) is 0 Å². The van der Waals surface area contributed by atoms with Gasteiger partial charge in [-0.3, -0.25) is 4.79 Å². The number of nitrogens with zero attached hydrogens (tertiary/aromatic N) is 1. The lowest BCUT2D eigenvalue weighted by atomic mass is 9.99. The van der Waals surface area contributed by atoms with Crippen molar-refractivity contribution >= 4 is 33.9 Å². The number of aryl methyl sites for hydroxylation is 1. The zero-order valence-corrected chi connectivity index (χ0v) is 16.1. The number of hydrogen-bond donors (Lipinski definition) is 2. The fourth-order valence-corrected chi connectivity index (χ4v) is 3.19. The van der Waals surface area contributed by atoms with Crippen LogP contribution in [0.3, 0.4) is 0 Å². The lowest BCUT2D eigenvalue weighted by Crippen LogP contribution is -2.11. The van der Waals surface area contributed by atoms with Crippen molar-refractivity contribution in [1.82, 2.24) is 4.57 Å². The highest BCUT2D eigenvalue weighted by Crippen LogP contribution is 2.32. The molecule has 2 aromatic carbocycles. The first-order valence-electron chi connectivity index (χ1n) is 8.16. The van der Waals surface area contributed by atoms with E-state index in [0.717, 1.165) is 38.6 Å². The Kier molecular flexibility index (Phi) is 5.28. The molecule has 0 spiro atoms. The number of benzene rings is 2. The molecular weight excluding hydrogens is 408 g/mol. The monoisotopic (exact) mass is 424 g/mol. The highest BCUT2D eigenvalue weighted by atomic mass is 79.9. The van der Waals surface area contributed by atoms with Crippen LogP contribution in [0.25, 0.3) is 23.0 Å². The molecule has 1 amide bonds. The van der Waals surface area contributed by atoms with Gasteiger partial charge in [0, 0.05) is 39.1 Å². The maximum atomic E-state index is 11.5. The minimum atomic E-state index is -1.02. The fourth-order valence-electron chi connectivity index (χ4n) is 2.93. The van der Waals surface area contributed by atoms with Crippen LogP contribution in [0.4, 0.5) is 0 Å². The summed E-state index contributed by atoms with van der Waals surface area (Å²) >= 11 is 3.43. The summed E-state index contributed by atoms with van der Waals surface area (Å²) in [7, 11) is 0. The van der Waals surface area contributed by atoms with Crippen molar-refractivity contribution in [1.29, 1.82) is 0 Å². The third kappa shape index (κ3) is 4.01. The molecule has 0 saturated carbocycles. The topological polar surface area (TPSA) is 85.3 Å². The van der Waals surface area contributed by atoms with Crippen LogP contribution in [0.5, 0.6) is 0 Å². The van der Waals surface area contributed by atoms with Gasteiger partial charge in [-0.1, -0.05) is 22.0 Å². The molecule has 0 unspecified atom stereocenters. The molecule has 0 bridgehead atoms. The van der Waals surface area contributed by atoms with E-state index >= 15 is 0 Å². The van der Waals surface area contributed by atoms with Crippen LogP contribution >= 0.6 is 15.9 Å². The number of amides is 1. The van der Waals surface area contributed by atoms with Crippen LogP contribution in [-0.4, -0.2) is 21.6 Å². The van der Waals surface area contributed by atoms with Gasteiger partial charge in [0.05, 0.1) is 5.69 Å². The molecule has 27 heavy (non-hydrogen) atoms. The lowest BCUT2D eigenvalue weighted by Gasteiger charge is -2.14. The van der Waals surface area contributed by atoms with E-state index in [0.29, 0.717) is 5.56 Å². The summed E-state index contributed by atoms with van der Waals surface area (Å²) < 4.78 is 2.95. The molecule has 6 heteroatoms. The number of carboxylic acids is 1. The molecule has 0 aliphatic carbocycles. The Labute approximate surface area is 164 Å². The minimum absolute atomic E-state index is 0.431. The van der Waals surface area contributed by atoms with Crippen LogP contribution in [-0.2, 0) is 4.79 Å². The first kappa shape index (κ1) is 18.7. The zero-order chi connectivity index (χ0) is 19.6. The summed E-state index contributed by atoms with van der Waals surface area (Å²) in [5, 5.41) is 8.99. The van der Waals surface area contributed by atoms with Crippen LogP contribution < -0.4 is 5.73 Å². The van der Waals surface area contributed by atoms with Crippen LogP contribution in [0.15, 0.2) is 65.3 Å². The second-order valence-electron chi connectivity index (χ2n) is 6.03. The number of carbonyl (C=O) groups is 2. The fraction of sp³-hybridized carbons (Fsp3) is 0.0476. The van der Waals surface area contributed by atoms with E-state index < -0.39 is 11.9 Å². The van der Waals surface area contributed by atoms with Gasteiger partial charge in [0.1, 0.15) is 0 Å². The van der Waals surface area contributed by atoms with Crippen molar-refractivity contribution in [2.24, 2.45) is 5.73 Å². The van der Waals surface area contributed by atoms with Gasteiger partial charge >= 0.3 is 5.97 Å². The van der Waals surface area contributed by atoms with Gasteiger partial charge in [0.2, 0.25) is 5.91 Å². The molecule has 1 heterocycles. The summed E-state index contributed by atoms with van der Waals surface area (Å²) in [6.45, 7) is 1.89. The van der Waals surface area contributed by atoms with Crippen molar-refractivity contribution in [3.05, 3.63) is 82.0 Å². The number of hydrogen-bond acceptors (Lipinski definition) is 2. The first-order chi connectivity index (χ1) is 12.9. The maximum Gasteiger partial charge on any atom is 0.328 e. The van der Waals surface area contributed by atoms with E-state index in [1.165, 1.54) is 0 Å². The van der Waals surface area contributed by atoms with Gasteiger partial charge < -0.3 is 15.4 Å². The van der Waals surface area contributed by atoms with Gasteiger partial charge in [-0.25, -0.2) is 4.79 Å². The van der Waals surface area contributed by atoms with E-state index in [1.807, 2.05) is 54.1 Å². The summed E-state index contributed by atoms with van der Waals surface area (Å²) in [6.07, 6.45) is 4.56. The molecule has 0 atom stereocenters. The van der Waals surface area contributed by atoms with Crippen molar-refractivity contribution in [2.45, 2.75) is 6.92 Å². The predicted molar refractivity (Wildman–Crippen MR) is 109 cm³/mol. The van der Waals surface area contributed by atoms with E-state index in [1.54, 1.807) is 18.2 Å².